The van der Waals surface area contributed by atoms with Crippen LogP contribution in [0, 0.1) is 0 Å². The molecule has 1 aromatic carbocycles. The molecule has 0 saturated heterocycles. The van der Waals surface area contributed by atoms with Crippen molar-refractivity contribution in [2.24, 2.45) is 0 Å². The number of aliphatic hydroxyl groups excluding tert-OH is 2. The lowest BCUT2D eigenvalue weighted by molar-refractivity contribution is 0.0954. The molecular formula is C11H14O3. The summed E-state index contributed by atoms with van der Waals surface area (Å²) in [6.07, 6.45) is 0.807. The quantitative estimate of drug-likeness (QED) is 0.663. The molecule has 3 nitrogen and oxygen atoms in total. The second-order valence-electron chi connectivity index (χ2n) is 3.85. The predicted octanol–water partition coefficient (Wildman–Crippen LogP) is 0.694. The van der Waals surface area contributed by atoms with E-state index < -0.39 is 11.7 Å². The smallest absolute Gasteiger partial charge is 0.102 e. The van der Waals surface area contributed by atoms with E-state index in [1.54, 1.807) is 24.3 Å². The van der Waals surface area contributed by atoms with Gasteiger partial charge in [-0.1, -0.05) is 24.3 Å². The maximum Gasteiger partial charge on any atom is 0.102 e. The third kappa shape index (κ3) is 1.66. The zero-order chi connectivity index (χ0) is 10.2. The van der Waals surface area contributed by atoms with Crippen molar-refractivity contribution < 1.29 is 15.3 Å². The van der Waals surface area contributed by atoms with Gasteiger partial charge in [-0.2, -0.15) is 0 Å². The van der Waals surface area contributed by atoms with Crippen molar-refractivity contribution in [1.29, 1.82) is 0 Å². The average Bonchev–Trinajstić information content (AvgIpc) is 2.97. The van der Waals surface area contributed by atoms with Gasteiger partial charge in [-0.25, -0.2) is 0 Å². The van der Waals surface area contributed by atoms with Crippen LogP contribution in [0.2, 0.25) is 0 Å². The molecule has 1 aliphatic carbocycles. The molecule has 1 aliphatic rings. The lowest BCUT2D eigenvalue weighted by Gasteiger charge is -2.11. The van der Waals surface area contributed by atoms with E-state index in [1.165, 1.54) is 0 Å². The lowest BCUT2D eigenvalue weighted by Crippen LogP contribution is -2.06. The van der Waals surface area contributed by atoms with E-state index in [0.717, 1.165) is 18.4 Å². The van der Waals surface area contributed by atoms with E-state index in [4.69, 9.17) is 5.11 Å². The summed E-state index contributed by atoms with van der Waals surface area (Å²) < 4.78 is 0. The third-order valence-corrected chi connectivity index (χ3v) is 2.73. The van der Waals surface area contributed by atoms with Crippen molar-refractivity contribution in [1.82, 2.24) is 0 Å². The van der Waals surface area contributed by atoms with Gasteiger partial charge in [-0.15, -0.1) is 0 Å². The Bertz CT molecular complexity index is 314. The topological polar surface area (TPSA) is 60.7 Å². The van der Waals surface area contributed by atoms with Crippen LogP contribution in [0.1, 0.15) is 30.1 Å². The standard InChI is InChI=1S/C11H14O3/c12-7-10(13)8-1-3-9(4-2-8)11(14)5-6-11/h1-4,10,12-14H,5-7H2. The molecule has 3 N–H and O–H groups in total. The van der Waals surface area contributed by atoms with Crippen LogP contribution in [0.3, 0.4) is 0 Å². The average molecular weight is 194 g/mol. The third-order valence-electron chi connectivity index (χ3n) is 2.73. The first-order valence-corrected chi connectivity index (χ1v) is 4.77. The molecule has 14 heavy (non-hydrogen) atoms. The van der Waals surface area contributed by atoms with Crippen LogP contribution >= 0.6 is 0 Å². The van der Waals surface area contributed by atoms with Gasteiger partial charge in [-0.05, 0) is 24.0 Å². The first-order chi connectivity index (χ1) is 6.65. The highest BCUT2D eigenvalue weighted by Gasteiger charge is 2.41. The van der Waals surface area contributed by atoms with E-state index in [2.05, 4.69) is 0 Å². The van der Waals surface area contributed by atoms with Crippen LogP contribution in [0.5, 0.6) is 0 Å². The zero-order valence-corrected chi connectivity index (χ0v) is 7.85. The molecule has 0 aliphatic heterocycles. The maximum atomic E-state index is 9.77. The fraction of sp³-hybridized carbons (Fsp3) is 0.455. The molecule has 0 heterocycles. The predicted molar refractivity (Wildman–Crippen MR) is 51.6 cm³/mol. The second kappa shape index (κ2) is 3.35. The lowest BCUT2D eigenvalue weighted by atomic mass is 10.0. The summed E-state index contributed by atoms with van der Waals surface area (Å²) >= 11 is 0. The fourth-order valence-electron chi connectivity index (χ4n) is 1.53. The Kier molecular flexibility index (Phi) is 2.31. The molecule has 1 unspecified atom stereocenters. The number of hydrogen-bond donors (Lipinski definition) is 3. The van der Waals surface area contributed by atoms with Crippen molar-refractivity contribution in [2.75, 3.05) is 6.61 Å². The molecule has 3 heteroatoms. The van der Waals surface area contributed by atoms with E-state index >= 15 is 0 Å². The van der Waals surface area contributed by atoms with Crippen LogP contribution in [0.25, 0.3) is 0 Å². The first kappa shape index (κ1) is 9.65. The molecule has 1 atom stereocenters. The number of aliphatic hydroxyl groups is 3. The van der Waals surface area contributed by atoms with Gasteiger partial charge in [-0.3, -0.25) is 0 Å². The molecule has 76 valence electrons. The van der Waals surface area contributed by atoms with Crippen LogP contribution in [0.4, 0.5) is 0 Å². The Morgan fingerprint density at radius 1 is 1.21 bits per heavy atom. The van der Waals surface area contributed by atoms with Crippen LogP contribution in [-0.2, 0) is 5.60 Å². The van der Waals surface area contributed by atoms with Crippen LogP contribution < -0.4 is 0 Å². The van der Waals surface area contributed by atoms with Gasteiger partial charge in [0, 0.05) is 0 Å². The zero-order valence-electron chi connectivity index (χ0n) is 7.85. The number of rotatable bonds is 3. The SMILES string of the molecule is OCC(O)c1ccc(C2(O)CC2)cc1. The highest BCUT2D eigenvalue weighted by Crippen LogP contribution is 2.45. The fourth-order valence-corrected chi connectivity index (χ4v) is 1.53. The molecule has 1 saturated carbocycles. The number of benzene rings is 1. The van der Waals surface area contributed by atoms with Crippen LogP contribution in [-0.4, -0.2) is 21.9 Å². The van der Waals surface area contributed by atoms with Gasteiger partial charge < -0.3 is 15.3 Å². The van der Waals surface area contributed by atoms with Gasteiger partial charge in [0.1, 0.15) is 6.10 Å². The highest BCUT2D eigenvalue weighted by molar-refractivity contribution is 5.31. The molecule has 0 bridgehead atoms. The monoisotopic (exact) mass is 194 g/mol. The minimum absolute atomic E-state index is 0.274. The summed E-state index contributed by atoms with van der Waals surface area (Å²) in [5, 5.41) is 27.8. The maximum absolute atomic E-state index is 9.77. The van der Waals surface area contributed by atoms with Gasteiger partial charge in [0.05, 0.1) is 12.2 Å². The molecular weight excluding hydrogens is 180 g/mol. The molecule has 1 aromatic rings. The van der Waals surface area contributed by atoms with E-state index in [1.807, 2.05) is 0 Å². The molecule has 1 fully saturated rings. The summed E-state index contributed by atoms with van der Waals surface area (Å²) in [7, 11) is 0. The summed E-state index contributed by atoms with van der Waals surface area (Å²) in [6, 6.07) is 7.10. The number of hydrogen-bond acceptors (Lipinski definition) is 3. The van der Waals surface area contributed by atoms with Crippen LogP contribution in [0.15, 0.2) is 24.3 Å². The van der Waals surface area contributed by atoms with Crippen molar-refractivity contribution in [3.63, 3.8) is 0 Å². The Balaban J connectivity index is 2.18. The minimum atomic E-state index is -0.821. The molecule has 2 rings (SSSR count). The van der Waals surface area contributed by atoms with Crippen molar-refractivity contribution >= 4 is 0 Å². The van der Waals surface area contributed by atoms with E-state index in [-0.39, 0.29) is 6.61 Å². The van der Waals surface area contributed by atoms with E-state index in [9.17, 15) is 10.2 Å². The highest BCUT2D eigenvalue weighted by atomic mass is 16.3. The summed E-state index contributed by atoms with van der Waals surface area (Å²) in [6.45, 7) is -0.274. The minimum Gasteiger partial charge on any atom is -0.393 e. The van der Waals surface area contributed by atoms with Crippen molar-refractivity contribution in [3.8, 4) is 0 Å². The van der Waals surface area contributed by atoms with E-state index in [0.29, 0.717) is 5.56 Å². The Hall–Kier alpha value is -0.900. The summed E-state index contributed by atoms with van der Waals surface area (Å²) in [5.74, 6) is 0. The van der Waals surface area contributed by atoms with Crippen molar-refractivity contribution in [3.05, 3.63) is 35.4 Å². The Morgan fingerprint density at radius 3 is 2.21 bits per heavy atom. The Labute approximate surface area is 82.6 Å². The first-order valence-electron chi connectivity index (χ1n) is 4.77. The second-order valence-corrected chi connectivity index (χ2v) is 3.85. The van der Waals surface area contributed by atoms with Gasteiger partial charge >= 0.3 is 0 Å². The summed E-state index contributed by atoms with van der Waals surface area (Å²) in [4.78, 5) is 0. The Morgan fingerprint density at radius 2 is 1.79 bits per heavy atom. The molecule has 0 radical (unpaired) electrons. The molecule has 0 spiro atoms. The summed E-state index contributed by atoms with van der Waals surface area (Å²) in [5.41, 5.74) is 0.953. The largest absolute Gasteiger partial charge is 0.393 e. The molecule has 0 amide bonds. The van der Waals surface area contributed by atoms with Crippen molar-refractivity contribution in [2.45, 2.75) is 24.5 Å². The molecule has 0 aromatic heterocycles. The normalized spacial score (nSPS) is 20.5. The van der Waals surface area contributed by atoms with Gasteiger partial charge in [0.2, 0.25) is 0 Å². The van der Waals surface area contributed by atoms with Gasteiger partial charge in [0.25, 0.3) is 0 Å². The van der Waals surface area contributed by atoms with Gasteiger partial charge in [0.15, 0.2) is 0 Å².